The largest absolute Gasteiger partial charge is 0.338 e. The van der Waals surface area contributed by atoms with E-state index in [2.05, 4.69) is 21.1 Å². The topological polar surface area (TPSA) is 78.0 Å². The smallest absolute Gasteiger partial charge is 0.247 e. The van der Waals surface area contributed by atoms with Crippen LogP contribution in [0.4, 0.5) is 0 Å². The van der Waals surface area contributed by atoms with Crippen LogP contribution >= 0.6 is 0 Å². The molecule has 2 unspecified atom stereocenters. The summed E-state index contributed by atoms with van der Waals surface area (Å²) in [6.07, 6.45) is 2.98. The first-order valence-corrected chi connectivity index (χ1v) is 6.40. The molecule has 1 fully saturated rings. The summed E-state index contributed by atoms with van der Waals surface area (Å²) < 4.78 is 1.56. The summed E-state index contributed by atoms with van der Waals surface area (Å²) in [5, 5.41) is 12.9. The van der Waals surface area contributed by atoms with Crippen molar-refractivity contribution in [1.82, 2.24) is 24.6 Å². The second-order valence-corrected chi connectivity index (χ2v) is 4.72. The number of nitrogens with zero attached hydrogens (tertiary/aromatic N) is 6. The minimum Gasteiger partial charge on any atom is -0.338 e. The molecule has 0 aromatic carbocycles. The second kappa shape index (κ2) is 5.80. The molecule has 102 valence electrons. The Hall–Kier alpha value is -1.94. The van der Waals surface area contributed by atoms with Gasteiger partial charge in [-0.05, 0) is 13.8 Å². The summed E-state index contributed by atoms with van der Waals surface area (Å²) >= 11 is 0. The highest BCUT2D eigenvalue weighted by molar-refractivity contribution is 5.80. The number of amides is 1. The summed E-state index contributed by atoms with van der Waals surface area (Å²) in [7, 11) is 0. The van der Waals surface area contributed by atoms with Crippen molar-refractivity contribution in [3.05, 3.63) is 12.7 Å². The standard InChI is InChI=1S/C12H18N6O/c1-10(7-13)16-3-5-17(6-4-16)12(19)11(2)18-9-14-8-15-18/h8-11H,3-6H2,1-2H3. The summed E-state index contributed by atoms with van der Waals surface area (Å²) in [6, 6.07) is 1.80. The van der Waals surface area contributed by atoms with Crippen LogP contribution in [0.1, 0.15) is 19.9 Å². The Kier molecular flexibility index (Phi) is 4.12. The lowest BCUT2D eigenvalue weighted by atomic mass is 10.2. The van der Waals surface area contributed by atoms with E-state index in [1.807, 2.05) is 18.7 Å². The normalized spacial score (nSPS) is 19.7. The van der Waals surface area contributed by atoms with Crippen molar-refractivity contribution >= 4 is 5.91 Å². The van der Waals surface area contributed by atoms with Crippen LogP contribution < -0.4 is 0 Å². The maximum Gasteiger partial charge on any atom is 0.247 e. The van der Waals surface area contributed by atoms with Crippen LogP contribution in [0.25, 0.3) is 0 Å². The summed E-state index contributed by atoms with van der Waals surface area (Å²) in [6.45, 7) is 6.50. The van der Waals surface area contributed by atoms with Crippen molar-refractivity contribution in [2.24, 2.45) is 0 Å². The second-order valence-electron chi connectivity index (χ2n) is 4.72. The molecule has 1 aliphatic heterocycles. The zero-order chi connectivity index (χ0) is 13.8. The minimum atomic E-state index is -0.331. The number of carbonyl (C=O) groups is 1. The molecule has 0 N–H and O–H groups in total. The van der Waals surface area contributed by atoms with Crippen molar-refractivity contribution in [2.45, 2.75) is 25.9 Å². The lowest BCUT2D eigenvalue weighted by Gasteiger charge is -2.36. The van der Waals surface area contributed by atoms with Gasteiger partial charge in [-0.1, -0.05) is 0 Å². The summed E-state index contributed by atoms with van der Waals surface area (Å²) in [5.41, 5.74) is 0. The fraction of sp³-hybridized carbons (Fsp3) is 0.667. The lowest BCUT2D eigenvalue weighted by molar-refractivity contribution is -0.136. The fourth-order valence-electron chi connectivity index (χ4n) is 2.21. The van der Waals surface area contributed by atoms with Crippen molar-refractivity contribution in [3.63, 3.8) is 0 Å². The number of hydrogen-bond acceptors (Lipinski definition) is 5. The maximum absolute atomic E-state index is 12.3. The Bertz CT molecular complexity index is 457. The van der Waals surface area contributed by atoms with Gasteiger partial charge < -0.3 is 4.90 Å². The third-order valence-electron chi connectivity index (χ3n) is 3.55. The number of piperazine rings is 1. The number of nitriles is 1. The highest BCUT2D eigenvalue weighted by atomic mass is 16.2. The molecule has 1 aromatic rings. The van der Waals surface area contributed by atoms with E-state index in [0.717, 1.165) is 13.1 Å². The number of hydrogen-bond donors (Lipinski definition) is 0. The Morgan fingerprint density at radius 3 is 2.53 bits per heavy atom. The first-order valence-electron chi connectivity index (χ1n) is 6.40. The van der Waals surface area contributed by atoms with Gasteiger partial charge in [0.2, 0.25) is 5.91 Å². The van der Waals surface area contributed by atoms with Crippen molar-refractivity contribution in [1.29, 1.82) is 5.26 Å². The van der Waals surface area contributed by atoms with Crippen LogP contribution in [0.15, 0.2) is 12.7 Å². The summed E-state index contributed by atoms with van der Waals surface area (Å²) in [4.78, 5) is 20.1. The molecule has 2 heterocycles. The van der Waals surface area contributed by atoms with Crippen LogP contribution in [0.5, 0.6) is 0 Å². The Morgan fingerprint density at radius 1 is 1.32 bits per heavy atom. The monoisotopic (exact) mass is 262 g/mol. The van der Waals surface area contributed by atoms with Gasteiger partial charge in [-0.25, -0.2) is 9.67 Å². The molecule has 1 saturated heterocycles. The third kappa shape index (κ3) is 2.90. The van der Waals surface area contributed by atoms with Gasteiger partial charge in [0, 0.05) is 26.2 Å². The zero-order valence-corrected chi connectivity index (χ0v) is 11.2. The first kappa shape index (κ1) is 13.5. The Morgan fingerprint density at radius 2 is 2.00 bits per heavy atom. The van der Waals surface area contributed by atoms with Crippen LogP contribution in [0.2, 0.25) is 0 Å². The van der Waals surface area contributed by atoms with Crippen LogP contribution in [0, 0.1) is 11.3 Å². The number of carbonyl (C=O) groups excluding carboxylic acids is 1. The predicted octanol–water partition coefficient (Wildman–Crippen LogP) is -0.105. The molecule has 2 atom stereocenters. The van der Waals surface area contributed by atoms with Gasteiger partial charge in [0.05, 0.1) is 12.1 Å². The SMILES string of the molecule is CC(C#N)N1CCN(C(=O)C(C)n2cncn2)CC1. The van der Waals surface area contributed by atoms with Crippen molar-refractivity contribution < 1.29 is 4.79 Å². The molecule has 1 amide bonds. The molecular weight excluding hydrogens is 244 g/mol. The minimum absolute atomic E-state index is 0.0507. The molecule has 0 saturated carbocycles. The van der Waals surface area contributed by atoms with Gasteiger partial charge in [-0.2, -0.15) is 10.4 Å². The average Bonchev–Trinajstić information content (AvgIpc) is 2.99. The van der Waals surface area contributed by atoms with Gasteiger partial charge in [0.15, 0.2) is 0 Å². The molecule has 1 aromatic heterocycles. The number of rotatable bonds is 3. The van der Waals surface area contributed by atoms with E-state index in [0.29, 0.717) is 13.1 Å². The molecule has 7 heteroatoms. The quantitative estimate of drug-likeness (QED) is 0.760. The van der Waals surface area contributed by atoms with E-state index < -0.39 is 0 Å². The predicted molar refractivity (Wildman–Crippen MR) is 68.0 cm³/mol. The summed E-state index contributed by atoms with van der Waals surface area (Å²) in [5.74, 6) is 0.0507. The zero-order valence-electron chi connectivity index (χ0n) is 11.2. The van der Waals surface area contributed by atoms with Crippen LogP contribution in [0.3, 0.4) is 0 Å². The molecule has 2 rings (SSSR count). The van der Waals surface area contributed by atoms with Crippen molar-refractivity contribution in [2.75, 3.05) is 26.2 Å². The van der Waals surface area contributed by atoms with Gasteiger partial charge in [-0.3, -0.25) is 9.69 Å². The molecule has 7 nitrogen and oxygen atoms in total. The Labute approximate surface area is 112 Å². The number of aromatic nitrogens is 3. The van der Waals surface area contributed by atoms with E-state index in [9.17, 15) is 4.79 Å². The van der Waals surface area contributed by atoms with E-state index in [-0.39, 0.29) is 18.0 Å². The molecule has 19 heavy (non-hydrogen) atoms. The van der Waals surface area contributed by atoms with E-state index in [4.69, 9.17) is 5.26 Å². The van der Waals surface area contributed by atoms with E-state index >= 15 is 0 Å². The molecule has 1 aliphatic rings. The lowest BCUT2D eigenvalue weighted by Crippen LogP contribution is -2.52. The third-order valence-corrected chi connectivity index (χ3v) is 3.55. The molecule has 0 bridgehead atoms. The van der Waals surface area contributed by atoms with Gasteiger partial charge >= 0.3 is 0 Å². The first-order chi connectivity index (χ1) is 9.13. The van der Waals surface area contributed by atoms with Gasteiger partial charge in [0.1, 0.15) is 18.7 Å². The van der Waals surface area contributed by atoms with E-state index in [1.54, 1.807) is 11.0 Å². The van der Waals surface area contributed by atoms with Gasteiger partial charge in [0.25, 0.3) is 0 Å². The average molecular weight is 262 g/mol. The molecule has 0 spiro atoms. The molecule has 0 aliphatic carbocycles. The fourth-order valence-corrected chi connectivity index (χ4v) is 2.21. The van der Waals surface area contributed by atoms with Gasteiger partial charge in [-0.15, -0.1) is 0 Å². The highest BCUT2D eigenvalue weighted by Crippen LogP contribution is 2.12. The maximum atomic E-state index is 12.3. The van der Waals surface area contributed by atoms with Crippen LogP contribution in [-0.2, 0) is 4.79 Å². The Balaban J connectivity index is 1.91. The van der Waals surface area contributed by atoms with Crippen molar-refractivity contribution in [3.8, 4) is 6.07 Å². The molecular formula is C12H18N6O. The van der Waals surface area contributed by atoms with Crippen LogP contribution in [-0.4, -0.2) is 62.7 Å². The molecule has 0 radical (unpaired) electrons. The van der Waals surface area contributed by atoms with E-state index in [1.165, 1.54) is 6.33 Å². The highest BCUT2D eigenvalue weighted by Gasteiger charge is 2.27.